The Morgan fingerprint density at radius 2 is 2.28 bits per heavy atom. The van der Waals surface area contributed by atoms with Gasteiger partial charge in [-0.2, -0.15) is 5.10 Å². The van der Waals surface area contributed by atoms with E-state index in [1.165, 1.54) is 0 Å². The lowest BCUT2D eigenvalue weighted by molar-refractivity contribution is 0.0381. The fourth-order valence-electron chi connectivity index (χ4n) is 2.14. The second-order valence-corrected chi connectivity index (χ2v) is 4.66. The van der Waals surface area contributed by atoms with Crippen LogP contribution in [0.15, 0.2) is 30.5 Å². The van der Waals surface area contributed by atoms with Crippen LogP contribution in [0.1, 0.15) is 6.42 Å². The van der Waals surface area contributed by atoms with Gasteiger partial charge >= 0.3 is 0 Å². The molecule has 1 aromatic heterocycles. The highest BCUT2D eigenvalue weighted by molar-refractivity contribution is 5.90. The number of aliphatic hydroxyl groups is 1. The second kappa shape index (κ2) is 4.51. The van der Waals surface area contributed by atoms with Crippen molar-refractivity contribution in [2.24, 2.45) is 0 Å². The zero-order valence-electron chi connectivity index (χ0n) is 9.97. The summed E-state index contributed by atoms with van der Waals surface area (Å²) < 4.78 is 5.21. The van der Waals surface area contributed by atoms with Crippen LogP contribution < -0.4 is 5.32 Å². The van der Waals surface area contributed by atoms with E-state index in [0.717, 1.165) is 10.8 Å². The van der Waals surface area contributed by atoms with Crippen molar-refractivity contribution in [2.45, 2.75) is 12.0 Å². The number of nitrogens with one attached hydrogen (secondary N) is 1. The van der Waals surface area contributed by atoms with E-state index in [0.29, 0.717) is 32.0 Å². The molecule has 1 aromatic carbocycles. The van der Waals surface area contributed by atoms with Crippen molar-refractivity contribution in [3.63, 3.8) is 0 Å². The van der Waals surface area contributed by atoms with Gasteiger partial charge in [-0.25, -0.2) is 0 Å². The van der Waals surface area contributed by atoms with E-state index in [2.05, 4.69) is 15.5 Å². The molecule has 0 spiro atoms. The number of ether oxygens (including phenoxy) is 1. The number of rotatable bonds is 3. The summed E-state index contributed by atoms with van der Waals surface area (Å²) in [6.07, 6.45) is 2.38. The molecule has 1 unspecified atom stereocenters. The van der Waals surface area contributed by atoms with Gasteiger partial charge in [0, 0.05) is 30.3 Å². The standard InChI is InChI=1S/C13H15N3O2/c17-13(5-6-18-9-13)8-14-12-11-4-2-1-3-10(11)7-15-16-12/h1-4,7,17H,5-6,8-9H2,(H,14,16). The smallest absolute Gasteiger partial charge is 0.156 e. The van der Waals surface area contributed by atoms with E-state index in [4.69, 9.17) is 4.74 Å². The van der Waals surface area contributed by atoms with Crippen molar-refractivity contribution in [1.82, 2.24) is 10.2 Å². The molecule has 1 fully saturated rings. The Balaban J connectivity index is 1.82. The summed E-state index contributed by atoms with van der Waals surface area (Å²) >= 11 is 0. The Kier molecular flexibility index (Phi) is 2.85. The molecule has 1 saturated heterocycles. The fourth-order valence-corrected chi connectivity index (χ4v) is 2.14. The van der Waals surface area contributed by atoms with Gasteiger partial charge < -0.3 is 15.2 Å². The van der Waals surface area contributed by atoms with E-state index in [9.17, 15) is 5.11 Å². The molecule has 1 aliphatic rings. The van der Waals surface area contributed by atoms with Gasteiger partial charge in [0.25, 0.3) is 0 Å². The van der Waals surface area contributed by atoms with Crippen molar-refractivity contribution in [3.8, 4) is 0 Å². The summed E-state index contributed by atoms with van der Waals surface area (Å²) in [5, 5.41) is 23.4. The maximum atomic E-state index is 10.2. The number of hydrogen-bond acceptors (Lipinski definition) is 5. The molecular weight excluding hydrogens is 230 g/mol. The van der Waals surface area contributed by atoms with Crippen molar-refractivity contribution >= 4 is 16.6 Å². The first-order valence-corrected chi connectivity index (χ1v) is 6.01. The molecule has 18 heavy (non-hydrogen) atoms. The summed E-state index contributed by atoms with van der Waals surface area (Å²) in [7, 11) is 0. The Bertz CT molecular complexity index is 547. The summed E-state index contributed by atoms with van der Waals surface area (Å²) in [4.78, 5) is 0. The van der Waals surface area contributed by atoms with Crippen LogP contribution in [0.2, 0.25) is 0 Å². The van der Waals surface area contributed by atoms with Crippen molar-refractivity contribution in [3.05, 3.63) is 30.5 Å². The van der Waals surface area contributed by atoms with Crippen LogP contribution in [0.5, 0.6) is 0 Å². The molecule has 94 valence electrons. The number of hydrogen-bond donors (Lipinski definition) is 2. The summed E-state index contributed by atoms with van der Waals surface area (Å²) in [6.45, 7) is 1.41. The van der Waals surface area contributed by atoms with E-state index in [1.54, 1.807) is 6.20 Å². The van der Waals surface area contributed by atoms with Gasteiger partial charge in [-0.15, -0.1) is 5.10 Å². The average molecular weight is 245 g/mol. The molecule has 0 aliphatic carbocycles. The van der Waals surface area contributed by atoms with Gasteiger partial charge in [0.1, 0.15) is 5.60 Å². The van der Waals surface area contributed by atoms with Gasteiger partial charge in [0.15, 0.2) is 5.82 Å². The summed E-state index contributed by atoms with van der Waals surface area (Å²) in [6, 6.07) is 7.90. The van der Waals surface area contributed by atoms with Crippen LogP contribution in [0.3, 0.4) is 0 Å². The van der Waals surface area contributed by atoms with Gasteiger partial charge in [-0.3, -0.25) is 0 Å². The number of fused-ring (bicyclic) bond motifs is 1. The summed E-state index contributed by atoms with van der Waals surface area (Å²) in [5.41, 5.74) is -0.793. The lowest BCUT2D eigenvalue weighted by atomic mass is 10.0. The monoisotopic (exact) mass is 245 g/mol. The molecule has 5 nitrogen and oxygen atoms in total. The molecule has 1 atom stereocenters. The molecule has 3 rings (SSSR count). The van der Waals surface area contributed by atoms with Crippen LogP contribution in [-0.2, 0) is 4.74 Å². The Hall–Kier alpha value is -1.72. The first kappa shape index (κ1) is 11.4. The number of benzene rings is 1. The normalized spacial score (nSPS) is 23.4. The molecule has 2 aromatic rings. The van der Waals surface area contributed by atoms with Gasteiger partial charge in [-0.05, 0) is 0 Å². The molecule has 2 heterocycles. The number of aromatic nitrogens is 2. The lowest BCUT2D eigenvalue weighted by Gasteiger charge is -2.21. The molecule has 0 radical (unpaired) electrons. The summed E-state index contributed by atoms with van der Waals surface area (Å²) in [5.74, 6) is 0.702. The zero-order chi connectivity index (χ0) is 12.4. The molecular formula is C13H15N3O2. The number of anilines is 1. The van der Waals surface area contributed by atoms with E-state index in [-0.39, 0.29) is 0 Å². The highest BCUT2D eigenvalue weighted by Crippen LogP contribution is 2.22. The van der Waals surface area contributed by atoms with Crippen LogP contribution in [0.4, 0.5) is 5.82 Å². The quantitative estimate of drug-likeness (QED) is 0.850. The van der Waals surface area contributed by atoms with Gasteiger partial charge in [0.05, 0.1) is 12.8 Å². The third-order valence-electron chi connectivity index (χ3n) is 3.24. The van der Waals surface area contributed by atoms with Crippen LogP contribution >= 0.6 is 0 Å². The maximum Gasteiger partial charge on any atom is 0.156 e. The van der Waals surface area contributed by atoms with E-state index < -0.39 is 5.60 Å². The fraction of sp³-hybridized carbons (Fsp3) is 0.385. The van der Waals surface area contributed by atoms with Crippen LogP contribution in [0, 0.1) is 0 Å². The predicted octanol–water partition coefficient (Wildman–Crippen LogP) is 1.19. The second-order valence-electron chi connectivity index (χ2n) is 4.66. The largest absolute Gasteiger partial charge is 0.386 e. The minimum atomic E-state index is -0.793. The molecule has 0 amide bonds. The Morgan fingerprint density at radius 1 is 1.39 bits per heavy atom. The third-order valence-corrected chi connectivity index (χ3v) is 3.24. The molecule has 2 N–H and O–H groups in total. The van der Waals surface area contributed by atoms with Gasteiger partial charge in [0.2, 0.25) is 0 Å². The third kappa shape index (κ3) is 2.14. The SMILES string of the molecule is OC1(CNc2nncc3ccccc23)CCOC1. The minimum Gasteiger partial charge on any atom is -0.386 e. The molecule has 0 saturated carbocycles. The molecule has 1 aliphatic heterocycles. The van der Waals surface area contributed by atoms with Crippen molar-refractivity contribution in [1.29, 1.82) is 0 Å². The van der Waals surface area contributed by atoms with E-state index >= 15 is 0 Å². The molecule has 0 bridgehead atoms. The first-order chi connectivity index (χ1) is 8.77. The van der Waals surface area contributed by atoms with Crippen molar-refractivity contribution < 1.29 is 9.84 Å². The van der Waals surface area contributed by atoms with Crippen LogP contribution in [0.25, 0.3) is 10.8 Å². The Morgan fingerprint density at radius 3 is 3.11 bits per heavy atom. The maximum absolute atomic E-state index is 10.2. The van der Waals surface area contributed by atoms with Gasteiger partial charge in [-0.1, -0.05) is 24.3 Å². The van der Waals surface area contributed by atoms with E-state index in [1.807, 2.05) is 24.3 Å². The topological polar surface area (TPSA) is 67.3 Å². The Labute approximate surface area is 105 Å². The highest BCUT2D eigenvalue weighted by Gasteiger charge is 2.32. The minimum absolute atomic E-state index is 0.373. The highest BCUT2D eigenvalue weighted by atomic mass is 16.5. The lowest BCUT2D eigenvalue weighted by Crippen LogP contribution is -2.37. The molecule has 5 heteroatoms. The predicted molar refractivity (Wildman–Crippen MR) is 68.4 cm³/mol. The van der Waals surface area contributed by atoms with Crippen molar-refractivity contribution in [2.75, 3.05) is 25.1 Å². The zero-order valence-corrected chi connectivity index (χ0v) is 9.97. The van der Waals surface area contributed by atoms with Crippen LogP contribution in [-0.4, -0.2) is 40.7 Å². The first-order valence-electron chi connectivity index (χ1n) is 6.01. The number of nitrogens with zero attached hydrogens (tertiary/aromatic N) is 2. The average Bonchev–Trinajstić information content (AvgIpc) is 2.84.